The van der Waals surface area contributed by atoms with Gasteiger partial charge in [-0.1, -0.05) is 36.4 Å². The molecule has 154 valence electrons. The number of aromatic nitrogens is 1. The number of hydrogen-bond donors (Lipinski definition) is 0. The molecule has 2 heterocycles. The molecule has 1 aliphatic rings. The van der Waals surface area contributed by atoms with Crippen LogP contribution < -0.4 is 4.90 Å². The first kappa shape index (κ1) is 20.0. The topological polar surface area (TPSA) is 103 Å². The van der Waals surface area contributed by atoms with Gasteiger partial charge in [0.2, 0.25) is 12.2 Å². The predicted molar refractivity (Wildman–Crippen MR) is 108 cm³/mol. The molecule has 4 rings (SSSR count). The van der Waals surface area contributed by atoms with Crippen LogP contribution in [-0.2, 0) is 19.1 Å². The van der Waals surface area contributed by atoms with E-state index in [0.29, 0.717) is 0 Å². The quantitative estimate of drug-likeness (QED) is 0.465. The van der Waals surface area contributed by atoms with Gasteiger partial charge < -0.3 is 9.47 Å². The third-order valence-electron chi connectivity index (χ3n) is 4.59. The molecule has 31 heavy (non-hydrogen) atoms. The second kappa shape index (κ2) is 8.58. The van der Waals surface area contributed by atoms with Crippen molar-refractivity contribution in [1.29, 1.82) is 0 Å². The minimum atomic E-state index is -1.63. The van der Waals surface area contributed by atoms with Crippen molar-refractivity contribution < 1.29 is 28.7 Å². The van der Waals surface area contributed by atoms with Gasteiger partial charge in [-0.25, -0.2) is 14.5 Å². The van der Waals surface area contributed by atoms with E-state index in [1.807, 2.05) is 0 Å². The summed E-state index contributed by atoms with van der Waals surface area (Å²) in [6.45, 7) is 0. The number of amides is 2. The van der Waals surface area contributed by atoms with Gasteiger partial charge in [-0.2, -0.15) is 0 Å². The summed E-state index contributed by atoms with van der Waals surface area (Å²) in [4.78, 5) is 55.8. The van der Waals surface area contributed by atoms with Gasteiger partial charge in [-0.05, 0) is 36.4 Å². The van der Waals surface area contributed by atoms with E-state index in [9.17, 15) is 19.2 Å². The first-order valence-corrected chi connectivity index (χ1v) is 9.36. The van der Waals surface area contributed by atoms with E-state index in [0.717, 1.165) is 4.90 Å². The van der Waals surface area contributed by atoms with Crippen LogP contribution in [0.15, 0.2) is 85.2 Å². The number of pyridine rings is 1. The Morgan fingerprint density at radius 3 is 1.61 bits per heavy atom. The molecule has 8 heteroatoms. The van der Waals surface area contributed by atoms with E-state index < -0.39 is 36.0 Å². The lowest BCUT2D eigenvalue weighted by molar-refractivity contribution is -0.130. The first-order valence-electron chi connectivity index (χ1n) is 9.36. The zero-order valence-corrected chi connectivity index (χ0v) is 16.1. The average molecular weight is 416 g/mol. The van der Waals surface area contributed by atoms with Crippen LogP contribution in [0.4, 0.5) is 5.69 Å². The number of carbonyl (C=O) groups is 4. The molecule has 2 aromatic carbocycles. The Bertz CT molecular complexity index is 1050. The monoisotopic (exact) mass is 416 g/mol. The molecule has 3 aromatic rings. The average Bonchev–Trinajstić information content (AvgIpc) is 3.04. The van der Waals surface area contributed by atoms with Crippen molar-refractivity contribution in [3.63, 3.8) is 0 Å². The first-order chi connectivity index (χ1) is 15.1. The minimum Gasteiger partial charge on any atom is -0.444 e. The minimum absolute atomic E-state index is 0.177. The normalized spacial score (nSPS) is 18.0. The summed E-state index contributed by atoms with van der Waals surface area (Å²) in [5.41, 5.74) is 0.558. The zero-order chi connectivity index (χ0) is 21.8. The molecule has 0 saturated carbocycles. The molecule has 0 N–H and O–H groups in total. The molecule has 8 nitrogen and oxygen atoms in total. The predicted octanol–water partition coefficient (Wildman–Crippen LogP) is 2.41. The van der Waals surface area contributed by atoms with Crippen molar-refractivity contribution in [2.24, 2.45) is 0 Å². The number of imide groups is 1. The van der Waals surface area contributed by atoms with E-state index in [2.05, 4.69) is 4.98 Å². The standard InChI is InChI=1S/C23H16N2O6/c26-20-18(30-22(28)15-8-3-1-4-9-15)19(31-23(29)16-10-5-2-6-11-16)21(27)25(20)17-12-7-13-24-14-17/h1-14,18-19H/t18-,19-/m1/s1. The number of anilines is 1. The Labute approximate surface area is 177 Å². The lowest BCUT2D eigenvalue weighted by Crippen LogP contribution is -2.37. The van der Waals surface area contributed by atoms with E-state index in [1.165, 1.54) is 42.7 Å². The maximum atomic E-state index is 13.0. The van der Waals surface area contributed by atoms with Crippen molar-refractivity contribution in [3.8, 4) is 0 Å². The Hall–Kier alpha value is -4.33. The molecule has 1 fully saturated rings. The molecule has 0 spiro atoms. The molecule has 2 atom stereocenters. The van der Waals surface area contributed by atoms with Crippen LogP contribution in [0, 0.1) is 0 Å². The molecule has 0 radical (unpaired) electrons. The van der Waals surface area contributed by atoms with Gasteiger partial charge in [0.05, 0.1) is 23.0 Å². The van der Waals surface area contributed by atoms with Gasteiger partial charge in [0.25, 0.3) is 11.8 Å². The lowest BCUT2D eigenvalue weighted by Gasteiger charge is -2.16. The van der Waals surface area contributed by atoms with Gasteiger partial charge in [0, 0.05) is 6.20 Å². The van der Waals surface area contributed by atoms with Crippen LogP contribution in [0.5, 0.6) is 0 Å². The van der Waals surface area contributed by atoms with Crippen LogP contribution in [0.3, 0.4) is 0 Å². The molecule has 0 unspecified atom stereocenters. The largest absolute Gasteiger partial charge is 0.444 e. The lowest BCUT2D eigenvalue weighted by atomic mass is 10.2. The highest BCUT2D eigenvalue weighted by Crippen LogP contribution is 2.27. The molecule has 2 amide bonds. The summed E-state index contributed by atoms with van der Waals surface area (Å²) < 4.78 is 10.7. The highest BCUT2D eigenvalue weighted by atomic mass is 16.6. The second-order valence-corrected chi connectivity index (χ2v) is 6.61. The number of hydrogen-bond acceptors (Lipinski definition) is 7. The number of esters is 2. The Morgan fingerprint density at radius 2 is 1.19 bits per heavy atom. The van der Waals surface area contributed by atoms with Crippen molar-refractivity contribution in [3.05, 3.63) is 96.3 Å². The van der Waals surface area contributed by atoms with Crippen molar-refractivity contribution in [1.82, 2.24) is 4.98 Å². The summed E-state index contributed by atoms with van der Waals surface area (Å²) in [6.07, 6.45) is -0.470. The molecule has 0 bridgehead atoms. The maximum Gasteiger partial charge on any atom is 0.339 e. The summed E-state index contributed by atoms with van der Waals surface area (Å²) in [7, 11) is 0. The van der Waals surface area contributed by atoms with Gasteiger partial charge >= 0.3 is 11.9 Å². The number of benzene rings is 2. The van der Waals surface area contributed by atoms with Crippen molar-refractivity contribution >= 4 is 29.4 Å². The van der Waals surface area contributed by atoms with E-state index >= 15 is 0 Å². The third kappa shape index (κ3) is 4.04. The molecule has 1 aromatic heterocycles. The number of ether oxygens (including phenoxy) is 2. The smallest absolute Gasteiger partial charge is 0.339 e. The highest BCUT2D eigenvalue weighted by Gasteiger charge is 2.53. The van der Waals surface area contributed by atoms with Crippen molar-refractivity contribution in [2.45, 2.75) is 12.2 Å². The molecule has 1 saturated heterocycles. The summed E-state index contributed by atoms with van der Waals surface area (Å²) in [5.74, 6) is -3.29. The van der Waals surface area contributed by atoms with E-state index in [-0.39, 0.29) is 16.8 Å². The Morgan fingerprint density at radius 1 is 0.710 bits per heavy atom. The molecule has 0 aliphatic carbocycles. The Kier molecular flexibility index (Phi) is 5.53. The van der Waals surface area contributed by atoms with E-state index in [4.69, 9.17) is 9.47 Å². The summed E-state index contributed by atoms with van der Waals surface area (Å²) in [5, 5.41) is 0. The third-order valence-corrected chi connectivity index (χ3v) is 4.59. The van der Waals surface area contributed by atoms with Crippen LogP contribution in [0.25, 0.3) is 0 Å². The number of carbonyl (C=O) groups excluding carboxylic acids is 4. The number of nitrogens with zero attached hydrogens (tertiary/aromatic N) is 2. The van der Waals surface area contributed by atoms with Crippen molar-refractivity contribution in [2.75, 3.05) is 4.90 Å². The van der Waals surface area contributed by atoms with Gasteiger partial charge in [0.1, 0.15) is 0 Å². The van der Waals surface area contributed by atoms with Gasteiger partial charge in [-0.3, -0.25) is 14.6 Å². The molecular weight excluding hydrogens is 400 g/mol. The van der Waals surface area contributed by atoms with Crippen LogP contribution in [0.1, 0.15) is 20.7 Å². The van der Waals surface area contributed by atoms with Crippen LogP contribution >= 0.6 is 0 Å². The number of rotatable bonds is 5. The second-order valence-electron chi connectivity index (χ2n) is 6.61. The van der Waals surface area contributed by atoms with Crippen LogP contribution in [-0.4, -0.2) is 40.9 Å². The summed E-state index contributed by atoms with van der Waals surface area (Å²) in [6, 6.07) is 19.0. The fraction of sp³-hybridized carbons (Fsp3) is 0.0870. The Balaban J connectivity index is 1.64. The fourth-order valence-electron chi connectivity index (χ4n) is 3.10. The SMILES string of the molecule is O=C(O[C@H]1C(=O)N(c2cccnc2)C(=O)[C@@H]1OC(=O)c1ccccc1)c1ccccc1. The highest BCUT2D eigenvalue weighted by molar-refractivity contribution is 6.25. The summed E-state index contributed by atoms with van der Waals surface area (Å²) >= 11 is 0. The van der Waals surface area contributed by atoms with E-state index in [1.54, 1.807) is 42.5 Å². The van der Waals surface area contributed by atoms with Gasteiger partial charge in [0.15, 0.2) is 0 Å². The zero-order valence-electron chi connectivity index (χ0n) is 16.1. The van der Waals surface area contributed by atoms with Crippen LogP contribution in [0.2, 0.25) is 0 Å². The molecule has 1 aliphatic heterocycles. The maximum absolute atomic E-state index is 13.0. The fourth-order valence-corrected chi connectivity index (χ4v) is 3.10. The van der Waals surface area contributed by atoms with Gasteiger partial charge in [-0.15, -0.1) is 0 Å². The molecular formula is C23H16N2O6.